The van der Waals surface area contributed by atoms with Gasteiger partial charge >= 0.3 is 6.18 Å². The van der Waals surface area contributed by atoms with Gasteiger partial charge in [0.05, 0.1) is 38.6 Å². The molecule has 1 N–H and O–H groups in total. The predicted molar refractivity (Wildman–Crippen MR) is 133 cm³/mol. The fraction of sp³-hybridized carbons (Fsp3) is 0.462. The number of aliphatic hydroxyl groups is 1. The maximum atomic E-state index is 13.3. The molecule has 2 aliphatic heterocycles. The highest BCUT2D eigenvalue weighted by molar-refractivity contribution is 6.31. The molecule has 2 heterocycles. The first kappa shape index (κ1) is 26.4. The second kappa shape index (κ2) is 9.53. The number of nitrogens with zero attached hydrogens (tertiary/aromatic N) is 3. The Morgan fingerprint density at radius 2 is 1.61 bits per heavy atom. The summed E-state index contributed by atoms with van der Waals surface area (Å²) in [5, 5.41) is 22.7. The molecule has 8 nitrogen and oxygen atoms in total. The monoisotopic (exact) mass is 551 g/mol. The average Bonchev–Trinajstić information content (AvgIpc) is 3.13. The molecule has 2 aromatic carbocycles. The summed E-state index contributed by atoms with van der Waals surface area (Å²) in [6.07, 6.45) is -1.65. The minimum absolute atomic E-state index is 0.0251. The summed E-state index contributed by atoms with van der Waals surface area (Å²) in [6, 6.07) is 7.50. The fourth-order valence-corrected chi connectivity index (χ4v) is 6.14. The van der Waals surface area contributed by atoms with Gasteiger partial charge in [-0.25, -0.2) is 4.90 Å². The Kier molecular flexibility index (Phi) is 6.63. The van der Waals surface area contributed by atoms with E-state index >= 15 is 0 Å². The number of carbonyl (C=O) groups excluding carboxylic acids is 2. The van der Waals surface area contributed by atoms with Crippen LogP contribution in [0.4, 0.5) is 30.2 Å². The first-order valence-corrected chi connectivity index (χ1v) is 12.8. The van der Waals surface area contributed by atoms with Crippen LogP contribution in [0.1, 0.15) is 49.7 Å². The molecular formula is C26H25ClF3N3O5. The van der Waals surface area contributed by atoms with Gasteiger partial charge < -0.3 is 10.0 Å². The molecule has 0 bridgehead atoms. The highest BCUT2D eigenvalue weighted by Gasteiger charge is 2.49. The zero-order chi connectivity index (χ0) is 27.4. The number of carbonyl (C=O) groups is 2. The van der Waals surface area contributed by atoms with Crippen LogP contribution in [-0.2, 0) is 21.4 Å². The number of nitro benzene ring substituents is 1. The van der Waals surface area contributed by atoms with Gasteiger partial charge in [0.2, 0.25) is 11.8 Å². The van der Waals surface area contributed by atoms with E-state index in [1.54, 1.807) is 4.90 Å². The van der Waals surface area contributed by atoms with E-state index in [9.17, 15) is 38.0 Å². The predicted octanol–water partition coefficient (Wildman–Crippen LogP) is 5.43. The van der Waals surface area contributed by atoms with Crippen LogP contribution in [0.3, 0.4) is 0 Å². The SMILES string of the molecule is O=C1[C@H]2CCCC[C@H]2C(=O)N1c1ccc(N2CCC(O)(c3ccc(Cl)c(C(F)(F)F)c3)CC2)c([N+](=O)[O-])c1. The molecule has 3 aliphatic rings. The minimum Gasteiger partial charge on any atom is -0.385 e. The number of benzene rings is 2. The maximum absolute atomic E-state index is 13.3. The number of nitro groups is 1. The third kappa shape index (κ3) is 4.51. The Bertz CT molecular complexity index is 1290. The number of hydrogen-bond acceptors (Lipinski definition) is 6. The third-order valence-corrected chi connectivity index (χ3v) is 8.33. The lowest BCUT2D eigenvalue weighted by Gasteiger charge is -2.39. The van der Waals surface area contributed by atoms with E-state index in [0.29, 0.717) is 12.8 Å². The Labute approximate surface area is 221 Å². The number of amides is 2. The molecule has 0 aromatic heterocycles. The first-order valence-electron chi connectivity index (χ1n) is 12.4. The van der Waals surface area contributed by atoms with E-state index in [0.717, 1.165) is 29.9 Å². The van der Waals surface area contributed by atoms with Crippen molar-refractivity contribution in [2.45, 2.75) is 50.3 Å². The summed E-state index contributed by atoms with van der Waals surface area (Å²) >= 11 is 5.71. The standard InChI is InChI=1S/C26H25ClF3N3O5/c27-20-7-5-15(13-19(20)26(28,29)30)25(36)9-11-31(12-10-25)21-8-6-16(14-22(21)33(37)38)32-23(34)17-3-1-2-4-18(17)24(32)35/h5-8,13-14,17-18,36H,1-4,9-12H2/t17-,18+. The summed E-state index contributed by atoms with van der Waals surface area (Å²) in [4.78, 5) is 40.0. The molecule has 202 valence electrons. The van der Waals surface area contributed by atoms with Gasteiger partial charge in [-0.2, -0.15) is 13.2 Å². The van der Waals surface area contributed by atoms with E-state index in [-0.39, 0.29) is 72.2 Å². The fourth-order valence-electron chi connectivity index (χ4n) is 5.92. The Balaban J connectivity index is 1.38. The van der Waals surface area contributed by atoms with Crippen LogP contribution in [-0.4, -0.2) is 34.9 Å². The molecule has 2 amide bonds. The Morgan fingerprint density at radius 1 is 1.00 bits per heavy atom. The van der Waals surface area contributed by atoms with Crippen molar-refractivity contribution >= 4 is 40.5 Å². The lowest BCUT2D eigenvalue weighted by Crippen LogP contribution is -2.43. The summed E-state index contributed by atoms with van der Waals surface area (Å²) < 4.78 is 40.0. The molecular weight excluding hydrogens is 527 g/mol. The molecule has 5 rings (SSSR count). The van der Waals surface area contributed by atoms with Crippen LogP contribution >= 0.6 is 11.6 Å². The number of hydrogen-bond donors (Lipinski definition) is 1. The highest BCUT2D eigenvalue weighted by Crippen LogP contribution is 2.44. The summed E-state index contributed by atoms with van der Waals surface area (Å²) in [5.41, 5.74) is -2.44. The minimum atomic E-state index is -4.68. The molecule has 0 spiro atoms. The van der Waals surface area contributed by atoms with Crippen molar-refractivity contribution in [2.75, 3.05) is 22.9 Å². The second-order valence-electron chi connectivity index (χ2n) is 10.2. The zero-order valence-corrected chi connectivity index (χ0v) is 21.0. The van der Waals surface area contributed by atoms with Gasteiger partial charge in [0, 0.05) is 19.2 Å². The van der Waals surface area contributed by atoms with E-state index < -0.39 is 27.3 Å². The summed E-state index contributed by atoms with van der Waals surface area (Å²) in [6.45, 7) is 0.263. The number of fused-ring (bicyclic) bond motifs is 1. The van der Waals surface area contributed by atoms with Crippen LogP contribution in [0.25, 0.3) is 0 Å². The van der Waals surface area contributed by atoms with E-state index in [1.807, 2.05) is 0 Å². The van der Waals surface area contributed by atoms with Crippen molar-refractivity contribution in [3.8, 4) is 0 Å². The topological polar surface area (TPSA) is 104 Å². The van der Waals surface area contributed by atoms with E-state index in [2.05, 4.69) is 0 Å². The van der Waals surface area contributed by atoms with Gasteiger partial charge in [-0.05, 0) is 55.5 Å². The quantitative estimate of drug-likeness (QED) is 0.308. The van der Waals surface area contributed by atoms with Crippen molar-refractivity contribution in [3.63, 3.8) is 0 Å². The Morgan fingerprint density at radius 3 is 2.16 bits per heavy atom. The van der Waals surface area contributed by atoms with E-state index in [1.165, 1.54) is 24.3 Å². The van der Waals surface area contributed by atoms with Crippen molar-refractivity contribution < 1.29 is 32.8 Å². The molecule has 12 heteroatoms. The van der Waals surface area contributed by atoms with Crippen LogP contribution in [0, 0.1) is 22.0 Å². The molecule has 3 fully saturated rings. The van der Waals surface area contributed by atoms with Crippen LogP contribution < -0.4 is 9.80 Å². The van der Waals surface area contributed by atoms with Crippen molar-refractivity contribution in [3.05, 3.63) is 62.7 Å². The molecule has 38 heavy (non-hydrogen) atoms. The number of imide groups is 1. The largest absolute Gasteiger partial charge is 0.417 e. The van der Waals surface area contributed by atoms with Crippen molar-refractivity contribution in [1.82, 2.24) is 0 Å². The van der Waals surface area contributed by atoms with Crippen LogP contribution in [0.2, 0.25) is 5.02 Å². The van der Waals surface area contributed by atoms with Gasteiger partial charge in [0.25, 0.3) is 5.69 Å². The Hall–Kier alpha value is -3.18. The first-order chi connectivity index (χ1) is 17.9. The van der Waals surface area contributed by atoms with Crippen molar-refractivity contribution in [2.24, 2.45) is 11.8 Å². The molecule has 2 atom stereocenters. The molecule has 2 saturated heterocycles. The highest BCUT2D eigenvalue weighted by atomic mass is 35.5. The third-order valence-electron chi connectivity index (χ3n) is 8.00. The van der Waals surface area contributed by atoms with Gasteiger partial charge in [0.15, 0.2) is 0 Å². The van der Waals surface area contributed by atoms with Crippen LogP contribution in [0.5, 0.6) is 0 Å². The molecule has 1 aliphatic carbocycles. The molecule has 1 saturated carbocycles. The summed E-state index contributed by atoms with van der Waals surface area (Å²) in [5.74, 6) is -1.43. The van der Waals surface area contributed by atoms with E-state index in [4.69, 9.17) is 11.6 Å². The zero-order valence-electron chi connectivity index (χ0n) is 20.2. The molecule has 2 aromatic rings. The molecule has 0 unspecified atom stereocenters. The van der Waals surface area contributed by atoms with Gasteiger partial charge in [-0.15, -0.1) is 0 Å². The maximum Gasteiger partial charge on any atom is 0.417 e. The number of piperidine rings is 1. The normalized spacial score (nSPS) is 23.5. The number of halogens is 4. The second-order valence-corrected chi connectivity index (χ2v) is 10.6. The molecule has 0 radical (unpaired) electrons. The average molecular weight is 552 g/mol. The number of rotatable bonds is 4. The van der Waals surface area contributed by atoms with Gasteiger partial charge in [-0.1, -0.05) is 30.5 Å². The lowest BCUT2D eigenvalue weighted by molar-refractivity contribution is -0.384. The van der Waals surface area contributed by atoms with Gasteiger partial charge in [0.1, 0.15) is 5.69 Å². The number of alkyl halides is 3. The van der Waals surface area contributed by atoms with Crippen LogP contribution in [0.15, 0.2) is 36.4 Å². The van der Waals surface area contributed by atoms with Crippen molar-refractivity contribution in [1.29, 1.82) is 0 Å². The lowest BCUT2D eigenvalue weighted by atomic mass is 9.81. The van der Waals surface area contributed by atoms with Gasteiger partial charge in [-0.3, -0.25) is 19.7 Å². The number of anilines is 2. The smallest absolute Gasteiger partial charge is 0.385 e. The summed E-state index contributed by atoms with van der Waals surface area (Å²) in [7, 11) is 0.